The second kappa shape index (κ2) is 5.68. The van der Waals surface area contributed by atoms with E-state index in [9.17, 15) is 4.79 Å². The smallest absolute Gasteiger partial charge is 0.256 e. The molecule has 1 fully saturated rings. The quantitative estimate of drug-likeness (QED) is 0.728. The standard InChI is InChI=1S/C15H17Br2NO2/c1-20-14-11(16)7-9-8-18(10-5-3-2-4-6-10)15(19)12(9)13(14)17/h7,10H,2-6,8H2,1H3. The topological polar surface area (TPSA) is 29.5 Å². The molecule has 0 N–H and O–H groups in total. The van der Waals surface area contributed by atoms with E-state index in [0.29, 0.717) is 11.8 Å². The number of amides is 1. The van der Waals surface area contributed by atoms with Gasteiger partial charge in [0.2, 0.25) is 0 Å². The van der Waals surface area contributed by atoms with Crippen LogP contribution in [0.3, 0.4) is 0 Å². The van der Waals surface area contributed by atoms with Crippen molar-refractivity contribution in [3.8, 4) is 5.75 Å². The summed E-state index contributed by atoms with van der Waals surface area (Å²) in [6.45, 7) is 0.722. The summed E-state index contributed by atoms with van der Waals surface area (Å²) in [7, 11) is 1.62. The predicted molar refractivity (Wildman–Crippen MR) is 85.1 cm³/mol. The highest BCUT2D eigenvalue weighted by Gasteiger charge is 2.36. The average Bonchev–Trinajstić information content (AvgIpc) is 2.77. The van der Waals surface area contributed by atoms with Crippen LogP contribution in [0.1, 0.15) is 48.0 Å². The molecule has 1 aromatic carbocycles. The second-order valence-corrected chi connectivity index (χ2v) is 7.11. The lowest BCUT2D eigenvalue weighted by Crippen LogP contribution is -2.36. The zero-order valence-electron chi connectivity index (χ0n) is 11.4. The van der Waals surface area contributed by atoms with Crippen LogP contribution >= 0.6 is 31.9 Å². The first kappa shape index (κ1) is 14.4. The normalized spacial score (nSPS) is 19.4. The van der Waals surface area contributed by atoms with Crippen LogP contribution in [0, 0.1) is 0 Å². The maximum absolute atomic E-state index is 12.7. The first-order valence-corrected chi connectivity index (χ1v) is 8.58. The Balaban J connectivity index is 1.96. The third-order valence-electron chi connectivity index (χ3n) is 4.29. The minimum atomic E-state index is 0.143. The largest absolute Gasteiger partial charge is 0.494 e. The van der Waals surface area contributed by atoms with Crippen molar-refractivity contribution in [2.45, 2.75) is 44.7 Å². The molecule has 0 radical (unpaired) electrons. The van der Waals surface area contributed by atoms with Crippen LogP contribution < -0.4 is 4.74 Å². The third-order valence-corrected chi connectivity index (χ3v) is 5.64. The number of benzene rings is 1. The zero-order valence-corrected chi connectivity index (χ0v) is 14.6. The number of methoxy groups -OCH3 is 1. The van der Waals surface area contributed by atoms with E-state index < -0.39 is 0 Å². The van der Waals surface area contributed by atoms with Gasteiger partial charge in [0, 0.05) is 12.6 Å². The van der Waals surface area contributed by atoms with Crippen molar-refractivity contribution < 1.29 is 9.53 Å². The SMILES string of the molecule is COc1c(Br)cc2c(c1Br)C(=O)N(C1CCCCC1)C2. The van der Waals surface area contributed by atoms with Crippen LogP contribution in [0.25, 0.3) is 0 Å². The Bertz CT molecular complexity index is 553. The summed E-state index contributed by atoms with van der Waals surface area (Å²) in [6.07, 6.45) is 6.04. The number of hydrogen-bond donors (Lipinski definition) is 0. The maximum atomic E-state index is 12.7. The van der Waals surface area contributed by atoms with Gasteiger partial charge in [0.05, 0.1) is 21.6 Å². The number of fused-ring (bicyclic) bond motifs is 1. The molecule has 20 heavy (non-hydrogen) atoms. The third kappa shape index (κ3) is 2.29. The highest BCUT2D eigenvalue weighted by atomic mass is 79.9. The highest BCUT2D eigenvalue weighted by molar-refractivity contribution is 9.11. The molecule has 3 nitrogen and oxygen atoms in total. The summed E-state index contributed by atoms with van der Waals surface area (Å²) in [5.41, 5.74) is 1.86. The molecule has 0 bridgehead atoms. The summed E-state index contributed by atoms with van der Waals surface area (Å²) < 4.78 is 7.03. The molecule has 108 valence electrons. The Hall–Kier alpha value is -0.550. The van der Waals surface area contributed by atoms with Gasteiger partial charge in [0.25, 0.3) is 5.91 Å². The minimum absolute atomic E-state index is 0.143. The van der Waals surface area contributed by atoms with E-state index >= 15 is 0 Å². The average molecular weight is 403 g/mol. The van der Waals surface area contributed by atoms with Crippen LogP contribution in [0.15, 0.2) is 15.0 Å². The molecule has 5 heteroatoms. The van der Waals surface area contributed by atoms with Crippen LogP contribution in [0.4, 0.5) is 0 Å². The molecule has 1 heterocycles. The van der Waals surface area contributed by atoms with Crippen molar-refractivity contribution in [2.75, 3.05) is 7.11 Å². The predicted octanol–water partition coefficient (Wildman–Crippen LogP) is 4.51. The van der Waals surface area contributed by atoms with Crippen molar-refractivity contribution in [3.05, 3.63) is 26.1 Å². The van der Waals surface area contributed by atoms with Gasteiger partial charge in [-0.25, -0.2) is 0 Å². The molecule has 1 aliphatic carbocycles. The van der Waals surface area contributed by atoms with Gasteiger partial charge < -0.3 is 9.64 Å². The molecule has 1 aliphatic heterocycles. The van der Waals surface area contributed by atoms with Crippen molar-refractivity contribution in [1.82, 2.24) is 4.90 Å². The Kier molecular flexibility index (Phi) is 4.09. The number of ether oxygens (including phenoxy) is 1. The van der Waals surface area contributed by atoms with E-state index in [2.05, 4.69) is 31.9 Å². The number of halogens is 2. The van der Waals surface area contributed by atoms with Gasteiger partial charge in [-0.2, -0.15) is 0 Å². The van der Waals surface area contributed by atoms with Gasteiger partial charge in [0.15, 0.2) is 0 Å². The van der Waals surface area contributed by atoms with E-state index in [1.54, 1.807) is 7.11 Å². The number of carbonyl (C=O) groups is 1. The molecule has 3 rings (SSSR count). The van der Waals surface area contributed by atoms with Crippen LogP contribution in [0.5, 0.6) is 5.75 Å². The Labute approximate surface area is 135 Å². The monoisotopic (exact) mass is 401 g/mol. The Morgan fingerprint density at radius 1 is 1.25 bits per heavy atom. The minimum Gasteiger partial charge on any atom is -0.494 e. The molecular formula is C15H17Br2NO2. The fourth-order valence-corrected chi connectivity index (χ4v) is 4.98. The summed E-state index contributed by atoms with van der Waals surface area (Å²) in [4.78, 5) is 14.8. The fraction of sp³-hybridized carbons (Fsp3) is 0.533. The molecule has 2 aliphatic rings. The van der Waals surface area contributed by atoms with E-state index in [1.165, 1.54) is 19.3 Å². The van der Waals surface area contributed by atoms with Crippen molar-refractivity contribution in [3.63, 3.8) is 0 Å². The van der Waals surface area contributed by atoms with E-state index in [4.69, 9.17) is 4.74 Å². The molecule has 0 atom stereocenters. The maximum Gasteiger partial charge on any atom is 0.256 e. The van der Waals surface area contributed by atoms with Gasteiger partial charge in [-0.05, 0) is 56.3 Å². The summed E-state index contributed by atoms with van der Waals surface area (Å²) in [5, 5.41) is 0. The number of nitrogens with zero attached hydrogens (tertiary/aromatic N) is 1. The number of carbonyl (C=O) groups excluding carboxylic acids is 1. The fourth-order valence-electron chi connectivity index (χ4n) is 3.28. The molecule has 1 aromatic rings. The lowest BCUT2D eigenvalue weighted by Gasteiger charge is -2.30. The van der Waals surface area contributed by atoms with Crippen molar-refractivity contribution in [2.24, 2.45) is 0 Å². The summed E-state index contributed by atoms with van der Waals surface area (Å²) in [5.74, 6) is 0.840. The summed E-state index contributed by atoms with van der Waals surface area (Å²) >= 11 is 7.04. The number of hydrogen-bond acceptors (Lipinski definition) is 2. The molecule has 0 aromatic heterocycles. The van der Waals surface area contributed by atoms with Gasteiger partial charge >= 0.3 is 0 Å². The molecular weight excluding hydrogens is 386 g/mol. The Morgan fingerprint density at radius 3 is 2.60 bits per heavy atom. The van der Waals surface area contributed by atoms with Gasteiger partial charge in [-0.15, -0.1) is 0 Å². The van der Waals surface area contributed by atoms with E-state index in [-0.39, 0.29) is 5.91 Å². The molecule has 0 saturated heterocycles. The first-order valence-electron chi connectivity index (χ1n) is 6.99. The van der Waals surface area contributed by atoms with Crippen LogP contribution in [-0.4, -0.2) is 24.0 Å². The zero-order chi connectivity index (χ0) is 14.3. The van der Waals surface area contributed by atoms with Crippen LogP contribution in [0.2, 0.25) is 0 Å². The van der Waals surface area contributed by atoms with E-state index in [0.717, 1.165) is 39.5 Å². The van der Waals surface area contributed by atoms with Gasteiger partial charge in [-0.1, -0.05) is 19.3 Å². The Morgan fingerprint density at radius 2 is 1.95 bits per heavy atom. The lowest BCUT2D eigenvalue weighted by atomic mass is 9.94. The van der Waals surface area contributed by atoms with Gasteiger partial charge in [-0.3, -0.25) is 4.79 Å². The second-order valence-electron chi connectivity index (χ2n) is 5.46. The number of rotatable bonds is 2. The van der Waals surface area contributed by atoms with Crippen molar-refractivity contribution in [1.29, 1.82) is 0 Å². The first-order chi connectivity index (χ1) is 9.63. The highest BCUT2D eigenvalue weighted by Crippen LogP contribution is 2.42. The van der Waals surface area contributed by atoms with E-state index in [1.807, 2.05) is 11.0 Å². The molecule has 1 amide bonds. The van der Waals surface area contributed by atoms with Crippen LogP contribution in [-0.2, 0) is 6.54 Å². The molecule has 0 unspecified atom stereocenters. The van der Waals surface area contributed by atoms with Gasteiger partial charge in [0.1, 0.15) is 5.75 Å². The summed E-state index contributed by atoms with van der Waals surface area (Å²) in [6, 6.07) is 2.42. The molecule has 0 spiro atoms. The molecule has 1 saturated carbocycles. The lowest BCUT2D eigenvalue weighted by molar-refractivity contribution is 0.0659. The van der Waals surface area contributed by atoms with Crippen molar-refractivity contribution >= 4 is 37.8 Å².